The molecule has 0 bridgehead atoms. The van der Waals surface area contributed by atoms with E-state index >= 15 is 0 Å². The van der Waals surface area contributed by atoms with Crippen molar-refractivity contribution in [2.75, 3.05) is 13.2 Å². The summed E-state index contributed by atoms with van der Waals surface area (Å²) in [5.74, 6) is -2.42. The second-order valence-corrected chi connectivity index (χ2v) is 10.3. The number of aliphatic hydroxyl groups is 1. The SMILES string of the molecule is CC(C)(C)Cc1cccc(C(C)(C)NC[C@H](O)[C@H](Cc2cc(F)cc(F)c2)NC(=O)CF)c1. The van der Waals surface area contributed by atoms with Crippen molar-refractivity contribution in [2.24, 2.45) is 5.41 Å². The number of carbonyl (C=O) groups excluding carboxylic acids is 1. The maximum Gasteiger partial charge on any atom is 0.251 e. The van der Waals surface area contributed by atoms with Gasteiger partial charge < -0.3 is 15.7 Å². The zero-order valence-corrected chi connectivity index (χ0v) is 20.0. The first-order chi connectivity index (χ1) is 15.3. The molecule has 2 rings (SSSR count). The van der Waals surface area contributed by atoms with Gasteiger partial charge in [-0.25, -0.2) is 13.2 Å². The van der Waals surface area contributed by atoms with Gasteiger partial charge in [-0.3, -0.25) is 4.79 Å². The lowest BCUT2D eigenvalue weighted by atomic mass is 9.85. The molecule has 0 saturated carbocycles. The number of rotatable bonds is 10. The molecule has 1 amide bonds. The Labute approximate surface area is 194 Å². The lowest BCUT2D eigenvalue weighted by Gasteiger charge is -2.32. The van der Waals surface area contributed by atoms with Crippen molar-refractivity contribution in [3.05, 3.63) is 70.8 Å². The molecule has 3 N–H and O–H groups in total. The molecular weight excluding hydrogens is 429 g/mol. The van der Waals surface area contributed by atoms with Crippen LogP contribution in [0.1, 0.15) is 51.3 Å². The maximum absolute atomic E-state index is 13.6. The second-order valence-electron chi connectivity index (χ2n) is 10.3. The van der Waals surface area contributed by atoms with E-state index in [2.05, 4.69) is 43.5 Å². The van der Waals surface area contributed by atoms with E-state index in [9.17, 15) is 23.1 Å². The summed E-state index contributed by atoms with van der Waals surface area (Å²) in [6, 6.07) is 10.3. The van der Waals surface area contributed by atoms with Gasteiger partial charge in [0.1, 0.15) is 11.6 Å². The highest BCUT2D eigenvalue weighted by molar-refractivity contribution is 5.77. The molecule has 2 aromatic carbocycles. The summed E-state index contributed by atoms with van der Waals surface area (Å²) in [6.07, 6.45) is -0.255. The lowest BCUT2D eigenvalue weighted by molar-refractivity contribution is -0.123. The van der Waals surface area contributed by atoms with Gasteiger partial charge >= 0.3 is 0 Å². The van der Waals surface area contributed by atoms with Crippen molar-refractivity contribution in [3.8, 4) is 0 Å². The molecule has 0 spiro atoms. The quantitative estimate of drug-likeness (QED) is 0.487. The van der Waals surface area contributed by atoms with Gasteiger partial charge in [-0.15, -0.1) is 0 Å². The van der Waals surface area contributed by atoms with Gasteiger partial charge in [-0.1, -0.05) is 45.0 Å². The first-order valence-corrected chi connectivity index (χ1v) is 11.1. The largest absolute Gasteiger partial charge is 0.390 e. The van der Waals surface area contributed by atoms with Crippen molar-refractivity contribution in [1.29, 1.82) is 0 Å². The van der Waals surface area contributed by atoms with E-state index in [1.807, 2.05) is 26.0 Å². The molecule has 0 aliphatic rings. The molecule has 0 unspecified atom stereocenters. The molecule has 0 aliphatic heterocycles. The van der Waals surface area contributed by atoms with E-state index < -0.39 is 41.9 Å². The van der Waals surface area contributed by atoms with Gasteiger partial charge in [0.05, 0.1) is 12.1 Å². The average Bonchev–Trinajstić information content (AvgIpc) is 2.69. The Morgan fingerprint density at radius 2 is 1.64 bits per heavy atom. The van der Waals surface area contributed by atoms with Gasteiger partial charge in [-0.05, 0) is 60.9 Å². The number of hydrogen-bond donors (Lipinski definition) is 3. The highest BCUT2D eigenvalue weighted by Crippen LogP contribution is 2.25. The van der Waals surface area contributed by atoms with Crippen LogP contribution in [0.15, 0.2) is 42.5 Å². The minimum absolute atomic E-state index is 0.0508. The Hall–Kier alpha value is -2.38. The molecule has 0 heterocycles. The van der Waals surface area contributed by atoms with E-state index in [-0.39, 0.29) is 23.9 Å². The van der Waals surface area contributed by atoms with Crippen LogP contribution in [0, 0.1) is 17.0 Å². The lowest BCUT2D eigenvalue weighted by Crippen LogP contribution is -2.51. The summed E-state index contributed by atoms with van der Waals surface area (Å²) in [7, 11) is 0. The summed E-state index contributed by atoms with van der Waals surface area (Å²) in [6.45, 7) is 9.31. The molecule has 0 aliphatic carbocycles. The van der Waals surface area contributed by atoms with Gasteiger partial charge in [0.2, 0.25) is 0 Å². The number of halogens is 3. The van der Waals surface area contributed by atoms with Gasteiger partial charge in [-0.2, -0.15) is 0 Å². The number of benzene rings is 2. The normalized spacial score (nSPS) is 14.1. The second kappa shape index (κ2) is 11.2. The fraction of sp³-hybridized carbons (Fsp3) is 0.500. The van der Waals surface area contributed by atoms with Gasteiger partial charge in [0.25, 0.3) is 5.91 Å². The van der Waals surface area contributed by atoms with Crippen LogP contribution in [-0.4, -0.2) is 36.4 Å². The minimum atomic E-state index is -1.25. The molecular formula is C26H35F3N2O2. The van der Waals surface area contributed by atoms with Crippen LogP contribution in [0.3, 0.4) is 0 Å². The number of carbonyl (C=O) groups is 1. The van der Waals surface area contributed by atoms with Crippen LogP contribution in [0.5, 0.6) is 0 Å². The molecule has 2 aromatic rings. The number of amides is 1. The smallest absolute Gasteiger partial charge is 0.251 e. The standard InChI is InChI=1S/C26H35F3N2O2/c1-25(2,3)14-17-7-6-8-19(9-17)26(4,5)30-16-23(32)22(31-24(33)15-27)12-18-10-20(28)13-21(29)11-18/h6-11,13,22-23,30,32H,12,14-16H2,1-5H3,(H,31,33)/t22-,23-/m0/s1. The van der Waals surface area contributed by atoms with Crippen LogP contribution in [-0.2, 0) is 23.2 Å². The monoisotopic (exact) mass is 464 g/mol. The topological polar surface area (TPSA) is 61.4 Å². The first kappa shape index (κ1) is 26.9. The minimum Gasteiger partial charge on any atom is -0.390 e. The van der Waals surface area contributed by atoms with E-state index in [1.54, 1.807) is 0 Å². The Bertz CT molecular complexity index is 921. The van der Waals surface area contributed by atoms with Crippen molar-refractivity contribution in [1.82, 2.24) is 10.6 Å². The van der Waals surface area contributed by atoms with Crippen molar-refractivity contribution >= 4 is 5.91 Å². The summed E-state index contributed by atoms with van der Waals surface area (Å²) < 4.78 is 39.9. The zero-order valence-electron chi connectivity index (χ0n) is 20.0. The predicted octanol–water partition coefficient (Wildman–Crippen LogP) is 4.44. The van der Waals surface area contributed by atoms with Crippen molar-refractivity contribution < 1.29 is 23.1 Å². The fourth-order valence-corrected chi connectivity index (χ4v) is 3.80. The molecule has 0 saturated heterocycles. The zero-order chi connectivity index (χ0) is 24.8. The fourth-order valence-electron chi connectivity index (χ4n) is 3.80. The number of alkyl halides is 1. The Kier molecular flexibility index (Phi) is 9.09. The van der Waals surface area contributed by atoms with Crippen LogP contribution in [0.4, 0.5) is 13.2 Å². The Morgan fingerprint density at radius 3 is 2.21 bits per heavy atom. The highest BCUT2D eigenvalue weighted by Gasteiger charge is 2.27. The van der Waals surface area contributed by atoms with Crippen LogP contribution >= 0.6 is 0 Å². The third-order valence-electron chi connectivity index (χ3n) is 5.45. The third-order valence-corrected chi connectivity index (χ3v) is 5.45. The molecule has 0 radical (unpaired) electrons. The summed E-state index contributed by atoms with van der Waals surface area (Å²) in [5.41, 5.74) is 2.13. The van der Waals surface area contributed by atoms with Gasteiger partial charge in [0.15, 0.2) is 6.67 Å². The number of hydrogen-bond acceptors (Lipinski definition) is 3. The van der Waals surface area contributed by atoms with E-state index in [1.165, 1.54) is 5.56 Å². The third kappa shape index (κ3) is 8.82. The number of nitrogens with one attached hydrogen (secondary N) is 2. The molecule has 182 valence electrons. The molecule has 2 atom stereocenters. The van der Waals surface area contributed by atoms with Crippen molar-refractivity contribution in [2.45, 2.75) is 65.1 Å². The molecule has 0 fully saturated rings. The summed E-state index contributed by atoms with van der Waals surface area (Å²) in [5, 5.41) is 16.5. The molecule has 0 aromatic heterocycles. The molecule has 4 nitrogen and oxygen atoms in total. The predicted molar refractivity (Wildman–Crippen MR) is 125 cm³/mol. The van der Waals surface area contributed by atoms with Crippen molar-refractivity contribution in [3.63, 3.8) is 0 Å². The van der Waals surface area contributed by atoms with Gasteiger partial charge in [0, 0.05) is 18.2 Å². The van der Waals surface area contributed by atoms with Crippen LogP contribution < -0.4 is 10.6 Å². The van der Waals surface area contributed by atoms with Crippen LogP contribution in [0.2, 0.25) is 0 Å². The van der Waals surface area contributed by atoms with Crippen LogP contribution in [0.25, 0.3) is 0 Å². The average molecular weight is 465 g/mol. The number of aliphatic hydroxyl groups excluding tert-OH is 1. The van der Waals surface area contributed by atoms with E-state index in [0.717, 1.165) is 30.2 Å². The van der Waals surface area contributed by atoms with E-state index in [0.29, 0.717) is 0 Å². The Balaban J connectivity index is 2.13. The maximum atomic E-state index is 13.6. The van der Waals surface area contributed by atoms with E-state index in [4.69, 9.17) is 0 Å². The molecule has 33 heavy (non-hydrogen) atoms. The first-order valence-electron chi connectivity index (χ1n) is 11.1. The Morgan fingerprint density at radius 1 is 1.00 bits per heavy atom. The summed E-state index contributed by atoms with van der Waals surface area (Å²) in [4.78, 5) is 11.7. The highest BCUT2D eigenvalue weighted by atomic mass is 19.1. The summed E-state index contributed by atoms with van der Waals surface area (Å²) >= 11 is 0. The molecule has 7 heteroatoms.